The van der Waals surface area contributed by atoms with E-state index in [9.17, 15) is 4.79 Å². The molecule has 0 saturated carbocycles. The topological polar surface area (TPSA) is 75.1 Å². The molecule has 0 radical (unpaired) electrons. The number of aromatic nitrogens is 2. The third-order valence-corrected chi connectivity index (χ3v) is 2.59. The van der Waals surface area contributed by atoms with Crippen LogP contribution < -0.4 is 5.32 Å². The SMILES string of the molecule is O=C(O)c1cncnc1CNC1CC=CC1. The van der Waals surface area contributed by atoms with Crippen LogP contribution in [-0.4, -0.2) is 27.1 Å². The maximum Gasteiger partial charge on any atom is 0.339 e. The van der Waals surface area contributed by atoms with E-state index in [0.29, 0.717) is 18.3 Å². The Morgan fingerprint density at radius 3 is 2.94 bits per heavy atom. The van der Waals surface area contributed by atoms with Crippen LogP contribution in [0.15, 0.2) is 24.7 Å². The van der Waals surface area contributed by atoms with E-state index in [4.69, 9.17) is 5.11 Å². The smallest absolute Gasteiger partial charge is 0.339 e. The van der Waals surface area contributed by atoms with Gasteiger partial charge in [0.1, 0.15) is 11.9 Å². The lowest BCUT2D eigenvalue weighted by Gasteiger charge is -2.12. The van der Waals surface area contributed by atoms with Gasteiger partial charge < -0.3 is 10.4 Å². The number of hydrogen-bond donors (Lipinski definition) is 2. The van der Waals surface area contributed by atoms with Gasteiger partial charge in [0.25, 0.3) is 0 Å². The summed E-state index contributed by atoms with van der Waals surface area (Å²) in [4.78, 5) is 18.6. The van der Waals surface area contributed by atoms with Crippen molar-refractivity contribution >= 4 is 5.97 Å². The van der Waals surface area contributed by atoms with Gasteiger partial charge >= 0.3 is 5.97 Å². The first-order chi connectivity index (χ1) is 7.77. The molecule has 84 valence electrons. The Labute approximate surface area is 93.2 Å². The van der Waals surface area contributed by atoms with E-state index in [2.05, 4.69) is 27.4 Å². The van der Waals surface area contributed by atoms with E-state index < -0.39 is 5.97 Å². The summed E-state index contributed by atoms with van der Waals surface area (Å²) in [7, 11) is 0. The van der Waals surface area contributed by atoms with Crippen molar-refractivity contribution in [3.63, 3.8) is 0 Å². The molecular formula is C11H13N3O2. The van der Waals surface area contributed by atoms with E-state index in [1.165, 1.54) is 12.5 Å². The number of nitrogens with zero attached hydrogens (tertiary/aromatic N) is 2. The highest BCUT2D eigenvalue weighted by Crippen LogP contribution is 2.11. The molecule has 1 aliphatic rings. The fraction of sp³-hybridized carbons (Fsp3) is 0.364. The van der Waals surface area contributed by atoms with Gasteiger partial charge in [-0.25, -0.2) is 14.8 Å². The molecule has 1 aliphatic carbocycles. The second-order valence-electron chi connectivity index (χ2n) is 3.71. The Morgan fingerprint density at radius 2 is 2.25 bits per heavy atom. The lowest BCUT2D eigenvalue weighted by atomic mass is 10.2. The summed E-state index contributed by atoms with van der Waals surface area (Å²) in [6.45, 7) is 0.469. The highest BCUT2D eigenvalue weighted by Gasteiger charge is 2.14. The second kappa shape index (κ2) is 4.85. The van der Waals surface area contributed by atoms with Gasteiger partial charge in [0, 0.05) is 18.8 Å². The summed E-state index contributed by atoms with van der Waals surface area (Å²) in [6, 6.07) is 0.400. The van der Waals surface area contributed by atoms with Crippen LogP contribution in [0.4, 0.5) is 0 Å². The minimum Gasteiger partial charge on any atom is -0.478 e. The fourth-order valence-electron chi connectivity index (χ4n) is 1.70. The van der Waals surface area contributed by atoms with Crippen molar-refractivity contribution in [2.45, 2.75) is 25.4 Å². The van der Waals surface area contributed by atoms with E-state index in [0.717, 1.165) is 12.8 Å². The van der Waals surface area contributed by atoms with Crippen molar-refractivity contribution in [2.24, 2.45) is 0 Å². The van der Waals surface area contributed by atoms with Crippen molar-refractivity contribution in [2.75, 3.05) is 0 Å². The Balaban J connectivity index is 2.00. The van der Waals surface area contributed by atoms with Gasteiger partial charge in [0.2, 0.25) is 0 Å². The van der Waals surface area contributed by atoms with E-state index in [1.807, 2.05) is 0 Å². The summed E-state index contributed by atoms with van der Waals surface area (Å²) in [5.41, 5.74) is 0.704. The lowest BCUT2D eigenvalue weighted by Crippen LogP contribution is -2.27. The van der Waals surface area contributed by atoms with Gasteiger partial charge in [0.05, 0.1) is 5.69 Å². The van der Waals surface area contributed by atoms with Crippen molar-refractivity contribution < 1.29 is 9.90 Å². The second-order valence-corrected chi connectivity index (χ2v) is 3.71. The molecule has 5 heteroatoms. The molecule has 0 atom stereocenters. The third kappa shape index (κ3) is 2.43. The summed E-state index contributed by atoms with van der Waals surface area (Å²) >= 11 is 0. The van der Waals surface area contributed by atoms with E-state index >= 15 is 0 Å². The highest BCUT2D eigenvalue weighted by atomic mass is 16.4. The summed E-state index contributed by atoms with van der Waals surface area (Å²) < 4.78 is 0. The third-order valence-electron chi connectivity index (χ3n) is 2.59. The Hall–Kier alpha value is -1.75. The Morgan fingerprint density at radius 1 is 1.50 bits per heavy atom. The first kappa shape index (κ1) is 10.8. The zero-order valence-electron chi connectivity index (χ0n) is 8.76. The first-order valence-electron chi connectivity index (χ1n) is 5.18. The van der Waals surface area contributed by atoms with Crippen LogP contribution in [0.3, 0.4) is 0 Å². The van der Waals surface area contributed by atoms with Crippen LogP contribution >= 0.6 is 0 Å². The molecule has 5 nitrogen and oxygen atoms in total. The van der Waals surface area contributed by atoms with Crippen molar-refractivity contribution in [3.05, 3.63) is 35.9 Å². The number of carboxylic acid groups (broad SMARTS) is 1. The molecule has 0 unspecified atom stereocenters. The number of aromatic carboxylic acids is 1. The van der Waals surface area contributed by atoms with Gasteiger partial charge in [-0.1, -0.05) is 12.2 Å². The van der Waals surface area contributed by atoms with Crippen LogP contribution in [-0.2, 0) is 6.54 Å². The largest absolute Gasteiger partial charge is 0.478 e. The average Bonchev–Trinajstić information content (AvgIpc) is 2.79. The van der Waals surface area contributed by atoms with Crippen molar-refractivity contribution in [1.29, 1.82) is 0 Å². The van der Waals surface area contributed by atoms with Gasteiger partial charge in [-0.05, 0) is 12.8 Å². The van der Waals surface area contributed by atoms with Crippen LogP contribution in [0.5, 0.6) is 0 Å². The molecule has 2 N–H and O–H groups in total. The molecule has 1 aromatic rings. The molecule has 0 fully saturated rings. The number of carbonyl (C=O) groups is 1. The first-order valence-corrected chi connectivity index (χ1v) is 5.18. The molecule has 1 aromatic heterocycles. The van der Waals surface area contributed by atoms with Crippen molar-refractivity contribution in [3.8, 4) is 0 Å². The molecule has 0 bridgehead atoms. The number of rotatable bonds is 4. The van der Waals surface area contributed by atoms with Gasteiger partial charge in [-0.2, -0.15) is 0 Å². The van der Waals surface area contributed by atoms with Gasteiger partial charge in [0.15, 0.2) is 0 Å². The highest BCUT2D eigenvalue weighted by molar-refractivity contribution is 5.88. The molecule has 0 saturated heterocycles. The van der Waals surface area contributed by atoms with Gasteiger partial charge in [-0.15, -0.1) is 0 Å². The Bertz CT molecular complexity index is 409. The zero-order chi connectivity index (χ0) is 11.4. The minimum absolute atomic E-state index is 0.168. The summed E-state index contributed by atoms with van der Waals surface area (Å²) in [5.74, 6) is -0.984. The average molecular weight is 219 g/mol. The molecule has 0 amide bonds. The number of nitrogens with one attached hydrogen (secondary N) is 1. The van der Waals surface area contributed by atoms with E-state index in [1.54, 1.807) is 0 Å². The summed E-state index contributed by atoms with van der Waals surface area (Å²) in [6.07, 6.45) is 8.93. The van der Waals surface area contributed by atoms with Crippen molar-refractivity contribution in [1.82, 2.24) is 15.3 Å². The zero-order valence-corrected chi connectivity index (χ0v) is 8.76. The summed E-state index contributed by atoms with van der Waals surface area (Å²) in [5, 5.41) is 12.2. The predicted molar refractivity (Wildman–Crippen MR) is 58.0 cm³/mol. The normalized spacial score (nSPS) is 15.5. The maximum atomic E-state index is 10.9. The number of carboxylic acids is 1. The minimum atomic E-state index is -0.984. The predicted octanol–water partition coefficient (Wildman–Crippen LogP) is 0.983. The van der Waals surface area contributed by atoms with E-state index in [-0.39, 0.29) is 5.56 Å². The van der Waals surface area contributed by atoms with Crippen LogP contribution in [0.25, 0.3) is 0 Å². The maximum absolute atomic E-state index is 10.9. The number of hydrogen-bond acceptors (Lipinski definition) is 4. The van der Waals surface area contributed by atoms with Crippen LogP contribution in [0, 0.1) is 0 Å². The molecule has 16 heavy (non-hydrogen) atoms. The van der Waals surface area contributed by atoms with Crippen LogP contribution in [0.1, 0.15) is 28.9 Å². The Kier molecular flexibility index (Phi) is 3.26. The molecule has 0 aromatic carbocycles. The van der Waals surface area contributed by atoms with Crippen LogP contribution in [0.2, 0.25) is 0 Å². The molecular weight excluding hydrogens is 206 g/mol. The molecule has 1 heterocycles. The molecule has 0 aliphatic heterocycles. The monoisotopic (exact) mass is 219 g/mol. The quantitative estimate of drug-likeness (QED) is 0.738. The molecule has 2 rings (SSSR count). The fourth-order valence-corrected chi connectivity index (χ4v) is 1.70. The lowest BCUT2D eigenvalue weighted by molar-refractivity contribution is 0.0694. The standard InChI is InChI=1S/C11H13N3O2/c15-11(16)9-5-12-7-14-10(9)6-13-8-3-1-2-4-8/h1-2,5,7-8,13H,3-4,6H2,(H,15,16). The molecule has 0 spiro atoms. The van der Waals surface area contributed by atoms with Gasteiger partial charge in [-0.3, -0.25) is 0 Å².